The van der Waals surface area contributed by atoms with E-state index in [4.69, 9.17) is 32.7 Å². The molecule has 0 aromatic heterocycles. The number of halogens is 2. The second-order valence-electron chi connectivity index (χ2n) is 6.65. The van der Waals surface area contributed by atoms with Gasteiger partial charge in [0.2, 0.25) is 0 Å². The fourth-order valence-corrected chi connectivity index (χ4v) is 3.31. The summed E-state index contributed by atoms with van der Waals surface area (Å²) in [7, 11) is 0. The van der Waals surface area contributed by atoms with Crippen LogP contribution in [-0.4, -0.2) is 49.1 Å². The number of carbonyl (C=O) groups excluding carboxylic acids is 2. The Hall–Kier alpha value is -2.28. The summed E-state index contributed by atoms with van der Waals surface area (Å²) in [5.41, 5.74) is 1.50. The van der Waals surface area contributed by atoms with Gasteiger partial charge in [0.05, 0.1) is 18.2 Å². The highest BCUT2D eigenvalue weighted by atomic mass is 35.5. The highest BCUT2D eigenvalue weighted by molar-refractivity contribution is 6.35. The van der Waals surface area contributed by atoms with E-state index in [1.165, 1.54) is 0 Å². The first-order valence-corrected chi connectivity index (χ1v) is 10.0. The number of amides is 2. The molecule has 1 aliphatic rings. The largest absolute Gasteiger partial charge is 0.479 e. The predicted molar refractivity (Wildman–Crippen MR) is 112 cm³/mol. The summed E-state index contributed by atoms with van der Waals surface area (Å²) in [4.78, 5) is 26.5. The Morgan fingerprint density at radius 1 is 1.14 bits per heavy atom. The number of benzene rings is 2. The lowest BCUT2D eigenvalue weighted by atomic mass is 10.1. The van der Waals surface area contributed by atoms with Crippen molar-refractivity contribution in [1.82, 2.24) is 10.2 Å². The molecule has 1 heterocycles. The Labute approximate surface area is 179 Å². The lowest BCUT2D eigenvalue weighted by Gasteiger charge is -2.26. The van der Waals surface area contributed by atoms with Crippen molar-refractivity contribution >= 4 is 35.0 Å². The van der Waals surface area contributed by atoms with Crippen LogP contribution < -0.4 is 10.1 Å². The summed E-state index contributed by atoms with van der Waals surface area (Å²) >= 11 is 11.9. The third-order valence-corrected chi connectivity index (χ3v) is 5.06. The number of rotatable bonds is 6. The Morgan fingerprint density at radius 2 is 1.83 bits per heavy atom. The third-order valence-electron chi connectivity index (χ3n) is 4.53. The van der Waals surface area contributed by atoms with Crippen LogP contribution in [0.2, 0.25) is 10.0 Å². The van der Waals surface area contributed by atoms with E-state index >= 15 is 0 Å². The van der Waals surface area contributed by atoms with Gasteiger partial charge in [-0.05, 0) is 42.8 Å². The van der Waals surface area contributed by atoms with E-state index in [9.17, 15) is 9.59 Å². The molecular weight excluding hydrogens is 415 g/mol. The first-order chi connectivity index (χ1) is 13.9. The number of nitrogens with one attached hydrogen (secondary N) is 1. The van der Waals surface area contributed by atoms with Gasteiger partial charge in [0, 0.05) is 30.2 Å². The number of carbonyl (C=O) groups is 2. The van der Waals surface area contributed by atoms with Crippen molar-refractivity contribution in [2.45, 2.75) is 19.6 Å². The highest BCUT2D eigenvalue weighted by Crippen LogP contribution is 2.28. The van der Waals surface area contributed by atoms with Crippen molar-refractivity contribution < 1.29 is 19.1 Å². The molecule has 1 aliphatic heterocycles. The summed E-state index contributed by atoms with van der Waals surface area (Å²) < 4.78 is 10.9. The van der Waals surface area contributed by atoms with Gasteiger partial charge in [-0.3, -0.25) is 9.59 Å². The van der Waals surface area contributed by atoms with Crippen LogP contribution in [0, 0.1) is 0 Å². The van der Waals surface area contributed by atoms with Crippen LogP contribution in [0.1, 0.15) is 22.8 Å². The molecule has 1 fully saturated rings. The molecule has 0 spiro atoms. The fourth-order valence-electron chi connectivity index (χ4n) is 2.86. The van der Waals surface area contributed by atoms with Gasteiger partial charge in [-0.2, -0.15) is 0 Å². The molecule has 2 amide bonds. The van der Waals surface area contributed by atoms with Gasteiger partial charge in [-0.1, -0.05) is 35.3 Å². The van der Waals surface area contributed by atoms with Gasteiger partial charge >= 0.3 is 0 Å². The molecule has 1 atom stereocenters. The summed E-state index contributed by atoms with van der Waals surface area (Å²) in [6.45, 7) is 4.31. The smallest absolute Gasteiger partial charge is 0.261 e. The molecule has 2 aromatic carbocycles. The van der Waals surface area contributed by atoms with E-state index < -0.39 is 6.10 Å². The molecular formula is C21H22Cl2N2O4. The standard InChI is InChI=1S/C21H22Cl2N2O4/c1-14(29-19-7-6-17(22)12-18(19)23)20(26)24-13-15-2-4-16(5-3-15)21(27)25-8-10-28-11-9-25/h2-7,12,14H,8-11,13H2,1H3,(H,24,26). The first kappa shape index (κ1) is 21.4. The lowest BCUT2D eigenvalue weighted by Crippen LogP contribution is -2.40. The maximum atomic E-state index is 12.5. The van der Waals surface area contributed by atoms with Crippen molar-refractivity contribution in [2.24, 2.45) is 0 Å². The van der Waals surface area contributed by atoms with Crippen LogP contribution in [0.15, 0.2) is 42.5 Å². The Bertz CT molecular complexity index is 867. The molecule has 3 rings (SSSR count). The predicted octanol–water partition coefficient (Wildman–Crippen LogP) is 3.55. The van der Waals surface area contributed by atoms with E-state index in [0.717, 1.165) is 5.56 Å². The van der Waals surface area contributed by atoms with Crippen LogP contribution in [-0.2, 0) is 16.1 Å². The average Bonchev–Trinajstić information content (AvgIpc) is 2.74. The SMILES string of the molecule is CC(Oc1ccc(Cl)cc1Cl)C(=O)NCc1ccc(C(=O)N2CCOCC2)cc1. The first-order valence-electron chi connectivity index (χ1n) is 9.29. The normalized spacial score (nSPS) is 14.9. The quantitative estimate of drug-likeness (QED) is 0.751. The van der Waals surface area contributed by atoms with E-state index in [0.29, 0.717) is 54.2 Å². The van der Waals surface area contributed by atoms with Gasteiger partial charge in [0.1, 0.15) is 5.75 Å². The molecule has 0 saturated carbocycles. The number of hydrogen-bond donors (Lipinski definition) is 1. The summed E-state index contributed by atoms with van der Waals surface area (Å²) in [6.07, 6.45) is -0.726. The monoisotopic (exact) mass is 436 g/mol. The van der Waals surface area contributed by atoms with Crippen molar-refractivity contribution in [1.29, 1.82) is 0 Å². The summed E-state index contributed by atoms with van der Waals surface area (Å²) in [6, 6.07) is 12.0. The number of hydrogen-bond acceptors (Lipinski definition) is 4. The third kappa shape index (κ3) is 5.85. The molecule has 0 aliphatic carbocycles. The minimum atomic E-state index is -0.726. The average molecular weight is 437 g/mol. The summed E-state index contributed by atoms with van der Waals surface area (Å²) in [5, 5.41) is 3.66. The molecule has 6 nitrogen and oxygen atoms in total. The molecule has 1 unspecified atom stereocenters. The molecule has 2 aromatic rings. The molecule has 1 N–H and O–H groups in total. The van der Waals surface area contributed by atoms with Crippen LogP contribution in [0.25, 0.3) is 0 Å². The number of nitrogens with zero attached hydrogens (tertiary/aromatic N) is 1. The van der Waals surface area contributed by atoms with E-state index in [2.05, 4.69) is 5.32 Å². The number of ether oxygens (including phenoxy) is 2. The lowest BCUT2D eigenvalue weighted by molar-refractivity contribution is -0.127. The second kappa shape index (κ2) is 9.96. The topological polar surface area (TPSA) is 67.9 Å². The minimum Gasteiger partial charge on any atom is -0.479 e. The van der Waals surface area contributed by atoms with E-state index in [-0.39, 0.29) is 11.8 Å². The highest BCUT2D eigenvalue weighted by Gasteiger charge is 2.19. The van der Waals surface area contributed by atoms with Crippen LogP contribution in [0.3, 0.4) is 0 Å². The summed E-state index contributed by atoms with van der Waals surface area (Å²) in [5.74, 6) is 0.111. The van der Waals surface area contributed by atoms with Crippen molar-refractivity contribution in [3.8, 4) is 5.75 Å². The van der Waals surface area contributed by atoms with Crippen molar-refractivity contribution in [3.63, 3.8) is 0 Å². The van der Waals surface area contributed by atoms with Crippen LogP contribution >= 0.6 is 23.2 Å². The van der Waals surface area contributed by atoms with Crippen LogP contribution in [0.5, 0.6) is 5.75 Å². The van der Waals surface area contributed by atoms with Gasteiger partial charge in [0.25, 0.3) is 11.8 Å². The van der Waals surface area contributed by atoms with E-state index in [1.807, 2.05) is 12.1 Å². The van der Waals surface area contributed by atoms with Crippen molar-refractivity contribution in [3.05, 3.63) is 63.6 Å². The molecule has 29 heavy (non-hydrogen) atoms. The van der Waals surface area contributed by atoms with Gasteiger partial charge in [-0.15, -0.1) is 0 Å². The Balaban J connectivity index is 1.51. The maximum absolute atomic E-state index is 12.5. The van der Waals surface area contributed by atoms with Crippen LogP contribution in [0.4, 0.5) is 0 Å². The zero-order valence-corrected chi connectivity index (χ0v) is 17.5. The zero-order chi connectivity index (χ0) is 20.8. The Kier molecular flexibility index (Phi) is 7.36. The maximum Gasteiger partial charge on any atom is 0.261 e. The van der Waals surface area contributed by atoms with E-state index in [1.54, 1.807) is 42.2 Å². The second-order valence-corrected chi connectivity index (χ2v) is 7.50. The van der Waals surface area contributed by atoms with Gasteiger partial charge in [-0.25, -0.2) is 0 Å². The molecule has 8 heteroatoms. The Morgan fingerprint density at radius 3 is 2.48 bits per heavy atom. The zero-order valence-electron chi connectivity index (χ0n) is 16.0. The van der Waals surface area contributed by atoms with Gasteiger partial charge in [0.15, 0.2) is 6.10 Å². The molecule has 0 bridgehead atoms. The minimum absolute atomic E-state index is 0.00856. The number of morpholine rings is 1. The fraction of sp³-hybridized carbons (Fsp3) is 0.333. The molecule has 154 valence electrons. The van der Waals surface area contributed by atoms with Gasteiger partial charge < -0.3 is 19.7 Å². The molecule has 1 saturated heterocycles. The van der Waals surface area contributed by atoms with Crippen molar-refractivity contribution in [2.75, 3.05) is 26.3 Å². The molecule has 0 radical (unpaired) electrons.